The van der Waals surface area contributed by atoms with Crippen LogP contribution in [0.5, 0.6) is 0 Å². The summed E-state index contributed by atoms with van der Waals surface area (Å²) in [7, 11) is 0. The number of piperazine rings is 1. The molecule has 4 nitrogen and oxygen atoms in total. The first-order valence-electron chi connectivity index (χ1n) is 5.54. The van der Waals surface area contributed by atoms with Gasteiger partial charge in [-0.05, 0) is 19.1 Å². The van der Waals surface area contributed by atoms with Crippen molar-refractivity contribution < 1.29 is 0 Å². The van der Waals surface area contributed by atoms with E-state index in [-0.39, 0.29) is 0 Å². The molecule has 16 heavy (non-hydrogen) atoms. The molecule has 0 atom stereocenters. The van der Waals surface area contributed by atoms with E-state index in [9.17, 15) is 0 Å². The van der Waals surface area contributed by atoms with Crippen molar-refractivity contribution in [3.63, 3.8) is 0 Å². The highest BCUT2D eigenvalue weighted by atomic mass is 15.3. The zero-order valence-corrected chi connectivity index (χ0v) is 9.69. The van der Waals surface area contributed by atoms with Crippen LogP contribution >= 0.6 is 0 Å². The van der Waals surface area contributed by atoms with Crippen molar-refractivity contribution in [1.82, 2.24) is 9.88 Å². The summed E-state index contributed by atoms with van der Waals surface area (Å²) < 4.78 is 0. The zero-order valence-electron chi connectivity index (χ0n) is 9.69. The second-order valence-electron chi connectivity index (χ2n) is 4.16. The van der Waals surface area contributed by atoms with Gasteiger partial charge in [-0.1, -0.05) is 6.58 Å². The van der Waals surface area contributed by atoms with Crippen LogP contribution < -0.4 is 10.6 Å². The molecule has 1 fully saturated rings. The molecule has 1 saturated heterocycles. The first kappa shape index (κ1) is 10.8. The van der Waals surface area contributed by atoms with Gasteiger partial charge in [-0.25, -0.2) is 4.98 Å². The van der Waals surface area contributed by atoms with E-state index in [0.717, 1.165) is 37.7 Å². The fourth-order valence-corrected chi connectivity index (χ4v) is 1.90. The van der Waals surface area contributed by atoms with Crippen LogP contribution in [0, 0.1) is 0 Å². The Balaban J connectivity index is 1.99. The number of nitrogens with two attached hydrogens (primary N) is 1. The van der Waals surface area contributed by atoms with Crippen LogP contribution in [0.1, 0.15) is 6.92 Å². The van der Waals surface area contributed by atoms with Crippen molar-refractivity contribution in [2.75, 3.05) is 36.8 Å². The molecule has 0 radical (unpaired) electrons. The van der Waals surface area contributed by atoms with Gasteiger partial charge in [-0.3, -0.25) is 0 Å². The molecule has 0 bridgehead atoms. The molecule has 0 unspecified atom stereocenters. The standard InChI is InChI=1S/C12H18N4/c1-10(2)15-5-7-16(8-6-15)12-4-3-11(13)9-14-12/h3-4,9H,1,5-8,13H2,2H3. The predicted molar refractivity (Wildman–Crippen MR) is 67.2 cm³/mol. The molecule has 2 rings (SSSR count). The maximum atomic E-state index is 5.62. The summed E-state index contributed by atoms with van der Waals surface area (Å²) in [4.78, 5) is 8.91. The van der Waals surface area contributed by atoms with Crippen molar-refractivity contribution in [2.45, 2.75) is 6.92 Å². The molecule has 0 saturated carbocycles. The molecule has 2 heterocycles. The van der Waals surface area contributed by atoms with Crippen LogP contribution in [-0.4, -0.2) is 36.1 Å². The Hall–Kier alpha value is -1.71. The number of pyridine rings is 1. The number of nitrogen functional groups attached to an aromatic ring is 1. The van der Waals surface area contributed by atoms with Gasteiger partial charge in [0.05, 0.1) is 11.9 Å². The maximum absolute atomic E-state index is 5.62. The second kappa shape index (κ2) is 4.43. The smallest absolute Gasteiger partial charge is 0.128 e. The minimum absolute atomic E-state index is 0.712. The minimum Gasteiger partial charge on any atom is -0.397 e. The molecule has 1 aliphatic rings. The first-order valence-corrected chi connectivity index (χ1v) is 5.54. The largest absolute Gasteiger partial charge is 0.397 e. The molecule has 2 N–H and O–H groups in total. The molecule has 1 aromatic rings. The highest BCUT2D eigenvalue weighted by molar-refractivity contribution is 5.46. The van der Waals surface area contributed by atoms with Gasteiger partial charge in [-0.2, -0.15) is 0 Å². The Labute approximate surface area is 96.4 Å². The van der Waals surface area contributed by atoms with E-state index in [2.05, 4.69) is 28.3 Å². The van der Waals surface area contributed by atoms with E-state index in [1.165, 1.54) is 0 Å². The number of nitrogens with zero attached hydrogens (tertiary/aromatic N) is 3. The summed E-state index contributed by atoms with van der Waals surface area (Å²) in [6.45, 7) is 10.0. The summed E-state index contributed by atoms with van der Waals surface area (Å²) >= 11 is 0. The number of hydrogen-bond donors (Lipinski definition) is 1. The highest BCUT2D eigenvalue weighted by Crippen LogP contribution is 2.15. The Kier molecular flexibility index (Phi) is 2.99. The zero-order chi connectivity index (χ0) is 11.5. The maximum Gasteiger partial charge on any atom is 0.128 e. The number of hydrogen-bond acceptors (Lipinski definition) is 4. The Morgan fingerprint density at radius 1 is 1.31 bits per heavy atom. The fraction of sp³-hybridized carbons (Fsp3) is 0.417. The van der Waals surface area contributed by atoms with E-state index >= 15 is 0 Å². The highest BCUT2D eigenvalue weighted by Gasteiger charge is 2.16. The molecular formula is C12H18N4. The van der Waals surface area contributed by atoms with E-state index in [0.29, 0.717) is 5.69 Å². The third-order valence-corrected chi connectivity index (χ3v) is 2.91. The number of rotatable bonds is 2. The molecule has 0 aromatic carbocycles. The van der Waals surface area contributed by atoms with Gasteiger partial charge in [0.15, 0.2) is 0 Å². The Morgan fingerprint density at radius 3 is 2.50 bits per heavy atom. The molecule has 0 amide bonds. The lowest BCUT2D eigenvalue weighted by atomic mass is 10.3. The molecule has 86 valence electrons. The monoisotopic (exact) mass is 218 g/mol. The lowest BCUT2D eigenvalue weighted by molar-refractivity contribution is 0.322. The molecular weight excluding hydrogens is 200 g/mol. The normalized spacial score (nSPS) is 16.3. The van der Waals surface area contributed by atoms with Gasteiger partial charge in [0, 0.05) is 31.9 Å². The Morgan fingerprint density at radius 2 is 2.00 bits per heavy atom. The molecule has 0 aliphatic carbocycles. The average molecular weight is 218 g/mol. The van der Waals surface area contributed by atoms with Crippen LogP contribution in [0.15, 0.2) is 30.6 Å². The van der Waals surface area contributed by atoms with Crippen molar-refractivity contribution in [3.05, 3.63) is 30.6 Å². The minimum atomic E-state index is 0.712. The van der Waals surface area contributed by atoms with Gasteiger partial charge < -0.3 is 15.5 Å². The van der Waals surface area contributed by atoms with E-state index < -0.39 is 0 Å². The van der Waals surface area contributed by atoms with Crippen molar-refractivity contribution in [2.24, 2.45) is 0 Å². The summed E-state index contributed by atoms with van der Waals surface area (Å²) in [6.07, 6.45) is 1.71. The van der Waals surface area contributed by atoms with Crippen molar-refractivity contribution in [3.8, 4) is 0 Å². The van der Waals surface area contributed by atoms with Gasteiger partial charge in [0.2, 0.25) is 0 Å². The van der Waals surface area contributed by atoms with Crippen molar-refractivity contribution in [1.29, 1.82) is 0 Å². The summed E-state index contributed by atoms with van der Waals surface area (Å²) in [5, 5.41) is 0. The van der Waals surface area contributed by atoms with Crippen molar-refractivity contribution >= 4 is 11.5 Å². The Bertz CT molecular complexity index is 363. The molecule has 1 aliphatic heterocycles. The third kappa shape index (κ3) is 2.27. The molecule has 4 heteroatoms. The summed E-state index contributed by atoms with van der Waals surface area (Å²) in [5.41, 5.74) is 7.47. The summed E-state index contributed by atoms with van der Waals surface area (Å²) in [5.74, 6) is 1.01. The van der Waals surface area contributed by atoms with Gasteiger partial charge >= 0.3 is 0 Å². The summed E-state index contributed by atoms with van der Waals surface area (Å²) in [6, 6.07) is 3.87. The van der Waals surface area contributed by atoms with Crippen LogP contribution in [0.2, 0.25) is 0 Å². The lowest BCUT2D eigenvalue weighted by Crippen LogP contribution is -2.45. The number of allylic oxidation sites excluding steroid dienone is 1. The van der Waals surface area contributed by atoms with Crippen LogP contribution in [0.25, 0.3) is 0 Å². The average Bonchev–Trinajstić information content (AvgIpc) is 2.30. The van der Waals surface area contributed by atoms with Crippen LogP contribution in [-0.2, 0) is 0 Å². The number of aromatic nitrogens is 1. The van der Waals surface area contributed by atoms with Gasteiger partial charge in [0.1, 0.15) is 5.82 Å². The van der Waals surface area contributed by atoms with Gasteiger partial charge in [0.25, 0.3) is 0 Å². The third-order valence-electron chi connectivity index (χ3n) is 2.91. The van der Waals surface area contributed by atoms with Crippen LogP contribution in [0.3, 0.4) is 0 Å². The van der Waals surface area contributed by atoms with Crippen LogP contribution in [0.4, 0.5) is 11.5 Å². The molecule has 1 aromatic heterocycles. The van der Waals surface area contributed by atoms with E-state index in [4.69, 9.17) is 5.73 Å². The topological polar surface area (TPSA) is 45.4 Å². The predicted octanol–water partition coefficient (Wildman–Crippen LogP) is 1.32. The van der Waals surface area contributed by atoms with Gasteiger partial charge in [-0.15, -0.1) is 0 Å². The SMILES string of the molecule is C=C(C)N1CCN(c2ccc(N)cn2)CC1. The first-order chi connectivity index (χ1) is 7.66. The van der Waals surface area contributed by atoms with E-state index in [1.807, 2.05) is 12.1 Å². The fourth-order valence-electron chi connectivity index (χ4n) is 1.90. The molecule has 0 spiro atoms. The number of anilines is 2. The lowest BCUT2D eigenvalue weighted by Gasteiger charge is -2.36. The second-order valence-corrected chi connectivity index (χ2v) is 4.16. The van der Waals surface area contributed by atoms with E-state index in [1.54, 1.807) is 6.20 Å². The quantitative estimate of drug-likeness (QED) is 0.813.